The lowest BCUT2D eigenvalue weighted by Crippen LogP contribution is -2.65. The summed E-state index contributed by atoms with van der Waals surface area (Å²) in [5, 5.41) is 9.81. The number of ether oxygens (including phenoxy) is 4. The molecule has 12 nitrogen and oxygen atoms in total. The maximum absolute atomic E-state index is 14.0. The molecular formula is C41H48N4O8. The number of alkyl carbamates (subject to hydrolysis) is 1. The summed E-state index contributed by atoms with van der Waals surface area (Å²) in [4.78, 5) is 56.4. The molecule has 4 N–H and O–H groups in total. The summed E-state index contributed by atoms with van der Waals surface area (Å²) in [5.41, 5.74) is 3.55. The minimum atomic E-state index is -1.15. The maximum atomic E-state index is 14.0. The summed E-state index contributed by atoms with van der Waals surface area (Å²) < 4.78 is 23.4. The minimum absolute atomic E-state index is 0.0679. The Labute approximate surface area is 309 Å². The van der Waals surface area contributed by atoms with Gasteiger partial charge in [0.05, 0.1) is 26.4 Å². The van der Waals surface area contributed by atoms with E-state index < -0.39 is 36.0 Å². The molecule has 3 amide bonds. The highest BCUT2D eigenvalue weighted by Crippen LogP contribution is 2.42. The van der Waals surface area contributed by atoms with Crippen molar-refractivity contribution in [2.24, 2.45) is 5.92 Å². The Bertz CT molecular complexity index is 1830. The van der Waals surface area contributed by atoms with Crippen LogP contribution in [0.2, 0.25) is 0 Å². The Morgan fingerprint density at radius 1 is 0.830 bits per heavy atom. The number of rotatable bonds is 14. The summed E-state index contributed by atoms with van der Waals surface area (Å²) in [6, 6.07) is 24.3. The molecule has 4 aromatic rings. The Balaban J connectivity index is 1.12. The zero-order valence-corrected chi connectivity index (χ0v) is 30.0. The third kappa shape index (κ3) is 9.62. The zero-order valence-electron chi connectivity index (χ0n) is 30.0. The van der Waals surface area contributed by atoms with E-state index in [-0.39, 0.29) is 43.6 Å². The lowest BCUT2D eigenvalue weighted by atomic mass is 9.76. The zero-order chi connectivity index (χ0) is 37.0. The van der Waals surface area contributed by atoms with Crippen molar-refractivity contribution < 1.29 is 38.1 Å². The summed E-state index contributed by atoms with van der Waals surface area (Å²) >= 11 is 0. The molecule has 2 aliphatic rings. The van der Waals surface area contributed by atoms with E-state index in [1.807, 2.05) is 91.1 Å². The molecular weight excluding hydrogens is 676 g/mol. The Morgan fingerprint density at radius 2 is 1.53 bits per heavy atom. The fourth-order valence-corrected chi connectivity index (χ4v) is 7.44. The van der Waals surface area contributed by atoms with Crippen LogP contribution in [0.25, 0.3) is 10.9 Å². The van der Waals surface area contributed by atoms with Crippen LogP contribution in [0.15, 0.2) is 91.1 Å². The standard InChI is InChI=1S/C41H48N4O8/c1-50-39(48)35(25-30-26-42-33-18-9-8-17-32(30)33)43-37(46)21-20-31-16-10-19-36(41(31)52-22-11-23-53-41)45-38(47)34(24-28-12-4-2-5-13-28)44-40(49)51-27-29-14-6-3-7-15-29/h2-9,12-15,17-18,26,31,34-36,42H,10-11,16,19-25,27H2,1H3,(H,43,46)(H,44,49)(H,45,47)/t31-,34+,35+,36-/m1/s1. The molecule has 3 aromatic carbocycles. The van der Waals surface area contributed by atoms with Crippen LogP contribution in [0.1, 0.15) is 55.2 Å². The number of para-hydroxylation sites is 1. The van der Waals surface area contributed by atoms with Gasteiger partial charge in [0.25, 0.3) is 0 Å². The number of aromatic nitrogens is 1. The topological polar surface area (TPSA) is 157 Å². The molecule has 1 aromatic heterocycles. The third-order valence-electron chi connectivity index (χ3n) is 10.1. The van der Waals surface area contributed by atoms with Gasteiger partial charge in [-0.1, -0.05) is 85.3 Å². The van der Waals surface area contributed by atoms with Gasteiger partial charge in [0.1, 0.15) is 18.7 Å². The minimum Gasteiger partial charge on any atom is -0.467 e. The summed E-state index contributed by atoms with van der Waals surface area (Å²) in [5.74, 6) is -2.57. The molecule has 4 atom stereocenters. The Kier molecular flexibility index (Phi) is 12.8. The number of benzene rings is 3. The molecule has 53 heavy (non-hydrogen) atoms. The predicted octanol–water partition coefficient (Wildman–Crippen LogP) is 5.10. The van der Waals surface area contributed by atoms with Crippen molar-refractivity contribution in [1.29, 1.82) is 0 Å². The van der Waals surface area contributed by atoms with Crippen LogP contribution in [0.5, 0.6) is 0 Å². The SMILES string of the molecule is COC(=O)[C@H](Cc1c[nH]c2ccccc12)NC(=O)CC[C@H]1CCC[C@@H](NC(=O)[C@H](Cc2ccccc2)NC(=O)OCc2ccccc2)C12OCCCO2. The maximum Gasteiger partial charge on any atom is 0.408 e. The largest absolute Gasteiger partial charge is 0.467 e. The molecule has 12 heteroatoms. The number of hydrogen-bond acceptors (Lipinski definition) is 8. The second-order valence-electron chi connectivity index (χ2n) is 13.7. The van der Waals surface area contributed by atoms with E-state index in [0.717, 1.165) is 40.4 Å². The van der Waals surface area contributed by atoms with E-state index >= 15 is 0 Å². The van der Waals surface area contributed by atoms with Crippen LogP contribution in [0.3, 0.4) is 0 Å². The van der Waals surface area contributed by atoms with Gasteiger partial charge in [-0.15, -0.1) is 0 Å². The number of aromatic amines is 1. The molecule has 0 bridgehead atoms. The van der Waals surface area contributed by atoms with Crippen LogP contribution in [-0.4, -0.2) is 73.1 Å². The van der Waals surface area contributed by atoms with Crippen LogP contribution in [0, 0.1) is 5.92 Å². The fraction of sp³-hybridized carbons (Fsp3) is 0.415. The number of nitrogens with one attached hydrogen (secondary N) is 4. The number of esters is 1. The molecule has 280 valence electrons. The van der Waals surface area contributed by atoms with Gasteiger partial charge in [0, 0.05) is 42.3 Å². The first-order chi connectivity index (χ1) is 25.8. The van der Waals surface area contributed by atoms with Gasteiger partial charge in [0.15, 0.2) is 5.79 Å². The number of fused-ring (bicyclic) bond motifs is 1. The van der Waals surface area contributed by atoms with Crippen molar-refractivity contribution >= 4 is 34.8 Å². The van der Waals surface area contributed by atoms with Crippen molar-refractivity contribution in [3.8, 4) is 0 Å². The Morgan fingerprint density at radius 3 is 2.26 bits per heavy atom. The molecule has 1 saturated heterocycles. The van der Waals surface area contributed by atoms with Crippen molar-refractivity contribution in [2.45, 2.75) is 81.9 Å². The predicted molar refractivity (Wildman–Crippen MR) is 197 cm³/mol. The first-order valence-electron chi connectivity index (χ1n) is 18.4. The van der Waals surface area contributed by atoms with Crippen molar-refractivity contribution in [3.63, 3.8) is 0 Å². The molecule has 1 saturated carbocycles. The van der Waals surface area contributed by atoms with E-state index in [1.165, 1.54) is 7.11 Å². The quantitative estimate of drug-likeness (QED) is 0.131. The first kappa shape index (κ1) is 37.6. The molecule has 1 aliphatic carbocycles. The molecule has 0 unspecified atom stereocenters. The third-order valence-corrected chi connectivity index (χ3v) is 10.1. The van der Waals surface area contributed by atoms with Crippen LogP contribution in [-0.2, 0) is 52.8 Å². The van der Waals surface area contributed by atoms with E-state index in [9.17, 15) is 19.2 Å². The number of hydrogen-bond donors (Lipinski definition) is 4. The van der Waals surface area contributed by atoms with E-state index in [4.69, 9.17) is 18.9 Å². The fourth-order valence-electron chi connectivity index (χ4n) is 7.44. The van der Waals surface area contributed by atoms with Crippen LogP contribution >= 0.6 is 0 Å². The van der Waals surface area contributed by atoms with Gasteiger partial charge in [0.2, 0.25) is 11.8 Å². The number of H-pyrrole nitrogens is 1. The van der Waals surface area contributed by atoms with Gasteiger partial charge >= 0.3 is 12.1 Å². The average Bonchev–Trinajstić information content (AvgIpc) is 3.60. The number of methoxy groups -OCH3 is 1. The molecule has 1 spiro atoms. The summed E-state index contributed by atoms with van der Waals surface area (Å²) in [7, 11) is 1.31. The van der Waals surface area contributed by atoms with Gasteiger partial charge in [-0.25, -0.2) is 9.59 Å². The molecule has 0 radical (unpaired) electrons. The second-order valence-corrected chi connectivity index (χ2v) is 13.7. The van der Waals surface area contributed by atoms with Crippen LogP contribution < -0.4 is 16.0 Å². The highest BCUT2D eigenvalue weighted by Gasteiger charge is 2.52. The lowest BCUT2D eigenvalue weighted by Gasteiger charge is -2.50. The Hall–Kier alpha value is -5.20. The molecule has 6 rings (SSSR count). The van der Waals surface area contributed by atoms with E-state index in [0.29, 0.717) is 32.5 Å². The van der Waals surface area contributed by atoms with Gasteiger partial charge in [-0.05, 0) is 48.4 Å². The monoisotopic (exact) mass is 724 g/mol. The average molecular weight is 725 g/mol. The molecule has 2 fully saturated rings. The highest BCUT2D eigenvalue weighted by molar-refractivity contribution is 5.88. The summed E-state index contributed by atoms with van der Waals surface area (Å²) in [6.45, 7) is 0.960. The van der Waals surface area contributed by atoms with Crippen molar-refractivity contribution in [1.82, 2.24) is 20.9 Å². The first-order valence-corrected chi connectivity index (χ1v) is 18.4. The molecule has 1 aliphatic heterocycles. The van der Waals surface area contributed by atoms with Crippen molar-refractivity contribution in [2.75, 3.05) is 20.3 Å². The number of carbonyl (C=O) groups is 4. The highest BCUT2D eigenvalue weighted by atomic mass is 16.7. The second kappa shape index (κ2) is 18.0. The number of carbonyl (C=O) groups excluding carboxylic acids is 4. The van der Waals surface area contributed by atoms with E-state index in [1.54, 1.807) is 0 Å². The van der Waals surface area contributed by atoms with Crippen molar-refractivity contribution in [3.05, 3.63) is 108 Å². The number of amides is 3. The van der Waals surface area contributed by atoms with Crippen LogP contribution in [0.4, 0.5) is 4.79 Å². The summed E-state index contributed by atoms with van der Waals surface area (Å²) in [6.07, 6.45) is 5.00. The van der Waals surface area contributed by atoms with Gasteiger partial charge in [-0.2, -0.15) is 0 Å². The normalized spacial score (nSPS) is 19.1. The molecule has 2 heterocycles. The van der Waals surface area contributed by atoms with Gasteiger partial charge in [-0.3, -0.25) is 9.59 Å². The lowest BCUT2D eigenvalue weighted by molar-refractivity contribution is -0.317. The van der Waals surface area contributed by atoms with E-state index in [2.05, 4.69) is 20.9 Å². The smallest absolute Gasteiger partial charge is 0.408 e. The van der Waals surface area contributed by atoms with Gasteiger partial charge < -0.3 is 39.9 Å².